The van der Waals surface area contributed by atoms with Crippen LogP contribution in [-0.2, 0) is 24.9 Å². The minimum absolute atomic E-state index is 0. The zero-order valence-electron chi connectivity index (χ0n) is 34.9. The topological polar surface area (TPSA) is 63.3 Å². The Bertz CT molecular complexity index is 2510. The van der Waals surface area contributed by atoms with E-state index < -0.39 is 8.07 Å². The third-order valence-electron chi connectivity index (χ3n) is 12.2. The van der Waals surface area contributed by atoms with Crippen molar-refractivity contribution >= 4 is 51.9 Å². The van der Waals surface area contributed by atoms with Crippen LogP contribution in [0.3, 0.4) is 0 Å². The summed E-state index contributed by atoms with van der Waals surface area (Å²) < 4.78 is 6.56. The monoisotopic (exact) mass is 951 g/mol. The fourth-order valence-electron chi connectivity index (χ4n) is 7.10. The number of pyridine rings is 1. The van der Waals surface area contributed by atoms with E-state index in [0.29, 0.717) is 0 Å². The van der Waals surface area contributed by atoms with Gasteiger partial charge in [-0.3, -0.25) is 9.78 Å². The summed E-state index contributed by atoms with van der Waals surface area (Å²) in [4.78, 5) is 17.3. The summed E-state index contributed by atoms with van der Waals surface area (Å²) in [6.07, 6.45) is 4.75. The molecule has 0 bridgehead atoms. The quantitative estimate of drug-likeness (QED) is 0.0607. The van der Waals surface area contributed by atoms with E-state index >= 15 is 0 Å². The second-order valence-corrected chi connectivity index (χ2v) is 21.7. The number of hydrogen-bond donors (Lipinski definition) is 1. The van der Waals surface area contributed by atoms with Crippen molar-refractivity contribution < 1.29 is 34.4 Å². The number of ketones is 1. The molecule has 7 rings (SSSR count). The van der Waals surface area contributed by atoms with Crippen molar-refractivity contribution in [3.05, 3.63) is 133 Å². The maximum Gasteiger partial charge on any atom is 0.164 e. The van der Waals surface area contributed by atoms with Gasteiger partial charge in [0.05, 0.1) is 19.2 Å². The van der Waals surface area contributed by atoms with Crippen LogP contribution in [0.5, 0.6) is 0 Å². The average Bonchev–Trinajstić information content (AvgIpc) is 3.61. The minimum Gasteiger partial charge on any atom is -0.512 e. The van der Waals surface area contributed by atoms with Crippen molar-refractivity contribution in [2.75, 3.05) is 0 Å². The maximum atomic E-state index is 12.2. The number of rotatable bonds is 11. The van der Waals surface area contributed by atoms with Crippen LogP contribution in [0, 0.1) is 16.9 Å². The molecule has 7 aromatic rings. The van der Waals surface area contributed by atoms with Gasteiger partial charge in [0.2, 0.25) is 0 Å². The Hall–Kier alpha value is -4.61. The SMILES string of the molecule is CCC(C)(CC)C(=O)/C=C(\O)C(C)(CC)CC.C[Si](C)(C)c1ccc2nc(-c3[c-]ccc4c3oc3cc(-c5ccccc5)ccc34)cc(-c3ccccc3)c2c1.[Ir]. The smallest absolute Gasteiger partial charge is 0.164 e. The molecule has 0 aliphatic carbocycles. The number of furan rings is 1. The molecule has 2 aromatic heterocycles. The number of hydrogen-bond acceptors (Lipinski definition) is 4. The molecule has 0 unspecified atom stereocenters. The van der Waals surface area contributed by atoms with Gasteiger partial charge in [-0.2, -0.15) is 0 Å². The molecule has 0 amide bonds. The second kappa shape index (κ2) is 17.9. The molecule has 57 heavy (non-hydrogen) atoms. The molecule has 4 nitrogen and oxygen atoms in total. The summed E-state index contributed by atoms with van der Waals surface area (Å²) >= 11 is 0. The molecule has 0 fully saturated rings. The Morgan fingerprint density at radius 1 is 0.719 bits per heavy atom. The minimum atomic E-state index is -1.49. The van der Waals surface area contributed by atoms with Crippen LogP contribution in [0.4, 0.5) is 0 Å². The molecule has 1 N–H and O–H groups in total. The van der Waals surface area contributed by atoms with Crippen LogP contribution >= 0.6 is 0 Å². The maximum absolute atomic E-state index is 12.2. The summed E-state index contributed by atoms with van der Waals surface area (Å²) in [5.74, 6) is 0.286. The number of nitrogens with zero attached hydrogens (tertiary/aromatic N) is 1. The van der Waals surface area contributed by atoms with Crippen molar-refractivity contribution in [3.8, 4) is 33.5 Å². The number of aliphatic hydroxyl groups is 1. The molecule has 5 aromatic carbocycles. The molecule has 0 aliphatic heterocycles. The molecular weight excluding hydrogens is 895 g/mol. The van der Waals surface area contributed by atoms with Crippen LogP contribution in [-0.4, -0.2) is 23.9 Å². The second-order valence-electron chi connectivity index (χ2n) is 16.6. The first-order valence-corrected chi connectivity index (χ1v) is 23.6. The van der Waals surface area contributed by atoms with Gasteiger partial charge in [0.15, 0.2) is 5.78 Å². The summed E-state index contributed by atoms with van der Waals surface area (Å²) in [6.45, 7) is 19.2. The Kier molecular flexibility index (Phi) is 13.7. The Balaban J connectivity index is 0.000000295. The zero-order chi connectivity index (χ0) is 40.3. The van der Waals surface area contributed by atoms with E-state index in [1.165, 1.54) is 33.3 Å². The standard InChI is InChI=1S/C36H28NOSi.C15H28O2.Ir/c1-39(2,3)27-18-20-33-32(22-27)31(25-13-8-5-9-14-25)23-34(37-33)30-16-10-15-29-28-19-17-26(21-35(28)38-36(29)30)24-11-6-4-7-12-24;1-7-14(5,8-2)12(16)11-13(17)15(6,9-3)10-4;/h4-15,17-23H,1-3H3;11,16H,7-10H2,1-6H3;/q-1;;/b;12-11-;. The number of allylic oxidation sites excluding steroid dienone is 2. The molecule has 297 valence electrons. The van der Waals surface area contributed by atoms with Crippen LogP contribution in [0.1, 0.15) is 67.2 Å². The predicted molar refractivity (Wildman–Crippen MR) is 240 cm³/mol. The molecule has 1 radical (unpaired) electrons. The third-order valence-corrected chi connectivity index (χ3v) is 14.2. The fraction of sp³-hybridized carbons (Fsp3) is 0.294. The number of fused-ring (bicyclic) bond motifs is 4. The number of aliphatic hydroxyl groups excluding tert-OH is 1. The van der Waals surface area contributed by atoms with Gasteiger partial charge >= 0.3 is 0 Å². The van der Waals surface area contributed by atoms with Gasteiger partial charge in [-0.05, 0) is 65.8 Å². The summed E-state index contributed by atoms with van der Waals surface area (Å²) in [5.41, 5.74) is 8.52. The normalized spacial score (nSPS) is 12.3. The van der Waals surface area contributed by atoms with Crippen molar-refractivity contribution in [1.82, 2.24) is 4.98 Å². The van der Waals surface area contributed by atoms with E-state index in [9.17, 15) is 9.90 Å². The van der Waals surface area contributed by atoms with Gasteiger partial charge in [-0.1, -0.05) is 168 Å². The number of carbonyl (C=O) groups excluding carboxylic acids is 1. The van der Waals surface area contributed by atoms with E-state index in [2.05, 4.69) is 129 Å². The Morgan fingerprint density at radius 2 is 1.33 bits per heavy atom. The first-order chi connectivity index (χ1) is 26.7. The zero-order valence-corrected chi connectivity index (χ0v) is 38.3. The van der Waals surface area contributed by atoms with Crippen LogP contribution in [0.25, 0.3) is 66.4 Å². The van der Waals surface area contributed by atoms with Gasteiger partial charge in [-0.15, -0.1) is 18.2 Å². The fourth-order valence-corrected chi connectivity index (χ4v) is 8.26. The van der Waals surface area contributed by atoms with E-state index in [1.54, 1.807) is 0 Å². The van der Waals surface area contributed by atoms with Gasteiger partial charge in [0, 0.05) is 47.8 Å². The van der Waals surface area contributed by atoms with Crippen molar-refractivity contribution in [1.29, 1.82) is 0 Å². The van der Waals surface area contributed by atoms with E-state index in [0.717, 1.165) is 70.0 Å². The molecule has 2 heterocycles. The van der Waals surface area contributed by atoms with Crippen molar-refractivity contribution in [3.63, 3.8) is 0 Å². The summed E-state index contributed by atoms with van der Waals surface area (Å²) in [6, 6.07) is 44.0. The Labute approximate surface area is 353 Å². The molecule has 6 heteroatoms. The third kappa shape index (κ3) is 9.10. The first kappa shape index (κ1) is 43.5. The molecule has 0 atom stereocenters. The van der Waals surface area contributed by atoms with Crippen molar-refractivity contribution in [2.45, 2.75) is 86.9 Å². The van der Waals surface area contributed by atoms with E-state index in [1.807, 2.05) is 53.7 Å². The van der Waals surface area contributed by atoms with Gasteiger partial charge in [0.25, 0.3) is 0 Å². The first-order valence-electron chi connectivity index (χ1n) is 20.1. The van der Waals surface area contributed by atoms with Crippen LogP contribution in [0.2, 0.25) is 19.6 Å². The van der Waals surface area contributed by atoms with E-state index in [4.69, 9.17) is 9.40 Å². The number of benzene rings is 5. The largest absolute Gasteiger partial charge is 0.512 e. The van der Waals surface area contributed by atoms with Gasteiger partial charge in [-0.25, -0.2) is 0 Å². The number of aromatic nitrogens is 1. The van der Waals surface area contributed by atoms with Crippen molar-refractivity contribution in [2.24, 2.45) is 10.8 Å². The molecular formula is C51H56IrNO3Si-. The summed E-state index contributed by atoms with van der Waals surface area (Å²) in [7, 11) is -1.49. The van der Waals surface area contributed by atoms with Gasteiger partial charge in [0.1, 0.15) is 11.3 Å². The van der Waals surface area contributed by atoms with E-state index in [-0.39, 0.29) is 42.5 Å². The predicted octanol–water partition coefficient (Wildman–Crippen LogP) is 14.1. The van der Waals surface area contributed by atoms with Gasteiger partial charge < -0.3 is 9.52 Å². The average molecular weight is 951 g/mol. The number of carbonyl (C=O) groups is 1. The molecule has 0 spiro atoms. The summed E-state index contributed by atoms with van der Waals surface area (Å²) in [5, 5.41) is 14.9. The Morgan fingerprint density at radius 3 is 1.93 bits per heavy atom. The van der Waals surface area contributed by atoms with Crippen LogP contribution in [0.15, 0.2) is 132 Å². The molecule has 0 saturated carbocycles. The molecule has 0 aliphatic rings. The molecule has 0 saturated heterocycles. The van der Waals surface area contributed by atoms with Crippen LogP contribution < -0.4 is 5.19 Å².